The van der Waals surface area contributed by atoms with Gasteiger partial charge in [-0.2, -0.15) is 0 Å². The molecule has 1 aliphatic rings. The smallest absolute Gasteiger partial charge is 0.135 e. The Bertz CT molecular complexity index is 3780. The van der Waals surface area contributed by atoms with Gasteiger partial charge < -0.3 is 4.42 Å². The van der Waals surface area contributed by atoms with Crippen LogP contribution in [0.1, 0.15) is 25.0 Å². The minimum absolute atomic E-state index is 0.0680. The molecule has 0 unspecified atom stereocenters. The van der Waals surface area contributed by atoms with E-state index in [1.807, 2.05) is 0 Å². The molecule has 290 valence electrons. The van der Waals surface area contributed by atoms with Gasteiger partial charge in [0, 0.05) is 16.2 Å². The molecular formula is C61H40O. The highest BCUT2D eigenvalue weighted by atomic mass is 16.3. The Morgan fingerprint density at radius 2 is 0.790 bits per heavy atom. The van der Waals surface area contributed by atoms with Gasteiger partial charge in [0.1, 0.15) is 11.2 Å². The van der Waals surface area contributed by atoms with Gasteiger partial charge in [-0.1, -0.05) is 184 Å². The summed E-state index contributed by atoms with van der Waals surface area (Å²) in [5.41, 5.74) is 17.0. The third-order valence-electron chi connectivity index (χ3n) is 13.8. The van der Waals surface area contributed by atoms with Crippen molar-refractivity contribution in [2.75, 3.05) is 0 Å². The second kappa shape index (κ2) is 13.1. The lowest BCUT2D eigenvalue weighted by atomic mass is 9.82. The number of hydrogen-bond donors (Lipinski definition) is 0. The lowest BCUT2D eigenvalue weighted by Gasteiger charge is -2.21. The fourth-order valence-electron chi connectivity index (χ4n) is 10.9. The van der Waals surface area contributed by atoms with Crippen LogP contribution < -0.4 is 0 Å². The Hall–Kier alpha value is -7.74. The molecule has 0 fully saturated rings. The van der Waals surface area contributed by atoms with Crippen LogP contribution in [0, 0.1) is 0 Å². The molecule has 13 rings (SSSR count). The summed E-state index contributed by atoms with van der Waals surface area (Å²) in [6.07, 6.45) is 0. The monoisotopic (exact) mass is 788 g/mol. The maximum Gasteiger partial charge on any atom is 0.135 e. The Labute approximate surface area is 360 Å². The van der Waals surface area contributed by atoms with E-state index in [1.165, 1.54) is 110 Å². The quantitative estimate of drug-likeness (QED) is 0.162. The molecule has 0 N–H and O–H groups in total. The molecule has 1 heterocycles. The number of hydrogen-bond acceptors (Lipinski definition) is 1. The molecule has 11 aromatic carbocycles. The molecule has 1 aromatic heterocycles. The van der Waals surface area contributed by atoms with Crippen molar-refractivity contribution in [3.8, 4) is 55.6 Å². The Balaban J connectivity index is 0.982. The normalized spacial score (nSPS) is 13.1. The van der Waals surface area contributed by atoms with Gasteiger partial charge in [0.05, 0.1) is 0 Å². The summed E-state index contributed by atoms with van der Waals surface area (Å²) in [5.74, 6) is 0. The van der Waals surface area contributed by atoms with Crippen molar-refractivity contribution in [3.63, 3.8) is 0 Å². The number of fused-ring (bicyclic) bond motifs is 11. The van der Waals surface area contributed by atoms with E-state index >= 15 is 0 Å². The van der Waals surface area contributed by atoms with Crippen LogP contribution in [-0.4, -0.2) is 0 Å². The first kappa shape index (κ1) is 35.1. The number of benzene rings is 11. The molecular weight excluding hydrogens is 749 g/mol. The Morgan fingerprint density at radius 1 is 0.290 bits per heavy atom. The molecule has 1 nitrogen and oxygen atoms in total. The van der Waals surface area contributed by atoms with Crippen molar-refractivity contribution in [3.05, 3.63) is 217 Å². The van der Waals surface area contributed by atoms with Crippen LogP contribution in [0.4, 0.5) is 0 Å². The molecule has 0 aliphatic heterocycles. The van der Waals surface area contributed by atoms with Crippen LogP contribution in [0.25, 0.3) is 121 Å². The van der Waals surface area contributed by atoms with Crippen LogP contribution in [0.15, 0.2) is 211 Å². The van der Waals surface area contributed by atoms with E-state index in [1.54, 1.807) is 0 Å². The lowest BCUT2D eigenvalue weighted by Crippen LogP contribution is -2.14. The van der Waals surface area contributed by atoms with E-state index in [2.05, 4.69) is 220 Å². The van der Waals surface area contributed by atoms with Crippen LogP contribution >= 0.6 is 0 Å². The fourth-order valence-corrected chi connectivity index (χ4v) is 10.9. The predicted octanol–water partition coefficient (Wildman–Crippen LogP) is 17.2. The average molecular weight is 789 g/mol. The van der Waals surface area contributed by atoms with Gasteiger partial charge in [0.25, 0.3) is 0 Å². The van der Waals surface area contributed by atoms with Crippen molar-refractivity contribution in [2.45, 2.75) is 19.3 Å². The van der Waals surface area contributed by atoms with E-state index in [4.69, 9.17) is 4.42 Å². The SMILES string of the molecule is CC1(C)c2ccc(-c3ccc4oc5ccc(-c6c7ccccc7c(-c7ccccc7-c7ccc8ccccc8c7)c7ccccc67)cc5c4c3)cc2-c2c1ccc1ccccc21. The summed E-state index contributed by atoms with van der Waals surface area (Å²) in [5, 5.41) is 12.3. The van der Waals surface area contributed by atoms with Crippen LogP contribution in [-0.2, 0) is 5.41 Å². The topological polar surface area (TPSA) is 13.1 Å². The fraction of sp³-hybridized carbons (Fsp3) is 0.0492. The molecule has 62 heavy (non-hydrogen) atoms. The molecule has 0 spiro atoms. The molecule has 0 bridgehead atoms. The van der Waals surface area contributed by atoms with Gasteiger partial charge in [0.2, 0.25) is 0 Å². The zero-order valence-corrected chi connectivity index (χ0v) is 34.5. The highest BCUT2D eigenvalue weighted by Crippen LogP contribution is 2.53. The van der Waals surface area contributed by atoms with E-state index in [0.717, 1.165) is 21.9 Å². The second-order valence-electron chi connectivity index (χ2n) is 17.6. The van der Waals surface area contributed by atoms with Crippen LogP contribution in [0.5, 0.6) is 0 Å². The summed E-state index contributed by atoms with van der Waals surface area (Å²) in [6.45, 7) is 4.72. The van der Waals surface area contributed by atoms with Gasteiger partial charge in [-0.05, 0) is 146 Å². The van der Waals surface area contributed by atoms with Crippen LogP contribution in [0.3, 0.4) is 0 Å². The van der Waals surface area contributed by atoms with Gasteiger partial charge >= 0.3 is 0 Å². The molecule has 0 atom stereocenters. The van der Waals surface area contributed by atoms with E-state index in [9.17, 15) is 0 Å². The van der Waals surface area contributed by atoms with Gasteiger partial charge in [0.15, 0.2) is 0 Å². The zero-order valence-electron chi connectivity index (χ0n) is 34.5. The number of rotatable bonds is 4. The van der Waals surface area contributed by atoms with Crippen molar-refractivity contribution >= 4 is 65.0 Å². The molecule has 0 amide bonds. The highest BCUT2D eigenvalue weighted by molar-refractivity contribution is 6.23. The summed E-state index contributed by atoms with van der Waals surface area (Å²) in [6, 6.07) is 76.2. The average Bonchev–Trinajstić information content (AvgIpc) is 3.80. The van der Waals surface area contributed by atoms with Gasteiger partial charge in [-0.25, -0.2) is 0 Å². The first-order valence-electron chi connectivity index (χ1n) is 21.7. The summed E-state index contributed by atoms with van der Waals surface area (Å²) in [4.78, 5) is 0. The predicted molar refractivity (Wildman–Crippen MR) is 263 cm³/mol. The highest BCUT2D eigenvalue weighted by Gasteiger charge is 2.36. The van der Waals surface area contributed by atoms with Gasteiger partial charge in [-0.15, -0.1) is 0 Å². The van der Waals surface area contributed by atoms with Crippen molar-refractivity contribution in [1.29, 1.82) is 0 Å². The molecule has 0 radical (unpaired) electrons. The Morgan fingerprint density at radius 3 is 1.52 bits per heavy atom. The first-order chi connectivity index (χ1) is 30.5. The minimum atomic E-state index is -0.0680. The second-order valence-corrected chi connectivity index (χ2v) is 17.6. The third-order valence-corrected chi connectivity index (χ3v) is 13.8. The lowest BCUT2D eigenvalue weighted by molar-refractivity contribution is 0.661. The molecule has 0 saturated heterocycles. The van der Waals surface area contributed by atoms with Crippen molar-refractivity contribution < 1.29 is 4.42 Å². The summed E-state index contributed by atoms with van der Waals surface area (Å²) < 4.78 is 6.56. The van der Waals surface area contributed by atoms with Gasteiger partial charge in [-0.3, -0.25) is 0 Å². The van der Waals surface area contributed by atoms with E-state index in [-0.39, 0.29) is 5.41 Å². The molecule has 0 saturated carbocycles. The summed E-state index contributed by atoms with van der Waals surface area (Å²) >= 11 is 0. The maximum atomic E-state index is 6.56. The zero-order chi connectivity index (χ0) is 41.1. The maximum absolute atomic E-state index is 6.56. The molecule has 1 aliphatic carbocycles. The standard InChI is InChI=1S/C61H40O/c1-61(2)54-29-26-40(35-53(54)60-45-17-6-5-14-38(45)25-30-55(60)61)41-27-31-56-51(34-41)52-36-43(28-32-57(52)62-56)58-47-19-9-11-21-49(47)59(50-22-12-10-20-48(50)58)46-18-8-7-16-44(46)42-24-23-37-13-3-4-15-39(37)33-42/h3-36H,1-2H3. The molecule has 1 heteroatoms. The number of furan rings is 1. The first-order valence-corrected chi connectivity index (χ1v) is 21.7. The minimum Gasteiger partial charge on any atom is -0.456 e. The molecule has 12 aromatic rings. The summed E-state index contributed by atoms with van der Waals surface area (Å²) in [7, 11) is 0. The van der Waals surface area contributed by atoms with E-state index < -0.39 is 0 Å². The van der Waals surface area contributed by atoms with Crippen molar-refractivity contribution in [2.24, 2.45) is 0 Å². The largest absolute Gasteiger partial charge is 0.456 e. The Kier molecular flexibility index (Phi) is 7.42. The van der Waals surface area contributed by atoms with E-state index in [0.29, 0.717) is 0 Å². The van der Waals surface area contributed by atoms with Crippen molar-refractivity contribution in [1.82, 2.24) is 0 Å². The van der Waals surface area contributed by atoms with Crippen LogP contribution in [0.2, 0.25) is 0 Å². The third kappa shape index (κ3) is 5.09.